The Bertz CT molecular complexity index is 205. The predicted octanol–water partition coefficient (Wildman–Crippen LogP) is 2.40. The minimum Gasteiger partial charge on any atom is -0.693 e. The van der Waals surface area contributed by atoms with E-state index in [4.69, 9.17) is 6.42 Å². The van der Waals surface area contributed by atoms with Gasteiger partial charge in [0.2, 0.25) is 0 Å². The maximum atomic E-state index is 6.69. The normalized spacial score (nSPS) is 5.73. The molecule has 1 atom stereocenters. The van der Waals surface area contributed by atoms with Crippen LogP contribution in [0.5, 0.6) is 0 Å². The molecule has 0 aliphatic rings. The Balaban J connectivity index is -0.000000213. The van der Waals surface area contributed by atoms with Gasteiger partial charge in [-0.15, -0.1) is 17.7 Å². The van der Waals surface area contributed by atoms with Gasteiger partial charge in [-0.1, -0.05) is 18.2 Å². The topological polar surface area (TPSA) is 33.5 Å². The molecule has 1 aromatic rings. The Labute approximate surface area is 81.6 Å². The molecule has 0 saturated carbocycles. The van der Waals surface area contributed by atoms with Crippen LogP contribution in [0.4, 0.5) is 0 Å². The van der Waals surface area contributed by atoms with Gasteiger partial charge >= 0.3 is 17.1 Å². The van der Waals surface area contributed by atoms with Gasteiger partial charge in [0.05, 0.1) is 0 Å². The zero-order valence-electron chi connectivity index (χ0n) is 5.97. The maximum Gasteiger partial charge on any atom is 2.00 e. The van der Waals surface area contributed by atoms with Crippen molar-refractivity contribution < 1.29 is 17.1 Å². The van der Waals surface area contributed by atoms with Crippen LogP contribution in [0, 0.1) is 12.3 Å². The van der Waals surface area contributed by atoms with Crippen molar-refractivity contribution in [3.05, 3.63) is 48.5 Å². The molecule has 0 bridgehead atoms. The minimum absolute atomic E-state index is 0. The standard InChI is InChI=1S/C8H5.Cu.H2N.H3P/c1-2-8-6-4-3-5-7-8;;;/h3-7H;;1H2;1H3/q-1;+2;-1;. The molecule has 0 spiro atoms. The van der Waals surface area contributed by atoms with Gasteiger partial charge in [0.25, 0.3) is 0 Å². The second kappa shape index (κ2) is 9.69. The zero-order valence-corrected chi connectivity index (χ0v) is 8.33. The second-order valence-corrected chi connectivity index (χ2v) is 1.49. The van der Waals surface area contributed by atoms with Crippen molar-refractivity contribution in [1.82, 2.24) is 0 Å². The van der Waals surface area contributed by atoms with Crippen molar-refractivity contribution in [1.29, 1.82) is 0 Å². The van der Waals surface area contributed by atoms with Gasteiger partial charge < -0.3 is 12.6 Å². The average Bonchev–Trinajstić information content (AvgIpc) is 1.90. The molecule has 1 radical (unpaired) electrons. The number of rotatable bonds is 0. The molecule has 3 heteroatoms. The van der Waals surface area contributed by atoms with Crippen LogP contribution in [0.15, 0.2) is 30.3 Å². The summed E-state index contributed by atoms with van der Waals surface area (Å²) in [4.78, 5) is 0. The largest absolute Gasteiger partial charge is 2.00 e. The van der Waals surface area contributed by atoms with Gasteiger partial charge in [0.15, 0.2) is 0 Å². The van der Waals surface area contributed by atoms with Crippen molar-refractivity contribution >= 4 is 9.90 Å². The van der Waals surface area contributed by atoms with E-state index in [9.17, 15) is 0 Å². The number of benzene rings is 1. The van der Waals surface area contributed by atoms with Gasteiger partial charge in [-0.05, 0) is 0 Å². The molecule has 0 heterocycles. The van der Waals surface area contributed by atoms with Crippen molar-refractivity contribution in [3.8, 4) is 5.92 Å². The van der Waals surface area contributed by atoms with E-state index in [0.717, 1.165) is 5.56 Å². The van der Waals surface area contributed by atoms with Gasteiger partial charge in [-0.2, -0.15) is 9.90 Å². The van der Waals surface area contributed by atoms with Crippen molar-refractivity contribution in [2.75, 3.05) is 0 Å². The van der Waals surface area contributed by atoms with Gasteiger partial charge in [-0.3, -0.25) is 5.92 Å². The molecule has 1 nitrogen and oxygen atoms in total. The van der Waals surface area contributed by atoms with Crippen LogP contribution in [0.25, 0.3) is 6.15 Å². The molecule has 1 rings (SSSR count). The fraction of sp³-hybridized carbons (Fsp3) is 0. The minimum atomic E-state index is 0. The zero-order chi connectivity index (χ0) is 5.82. The fourth-order valence-corrected chi connectivity index (χ4v) is 0.521. The van der Waals surface area contributed by atoms with E-state index in [-0.39, 0.29) is 33.1 Å². The van der Waals surface area contributed by atoms with Crippen LogP contribution in [-0.2, 0) is 17.1 Å². The first-order chi connectivity index (χ1) is 3.93. The molecule has 2 N–H and O–H groups in total. The third-order valence-corrected chi connectivity index (χ3v) is 0.918. The first-order valence-corrected chi connectivity index (χ1v) is 2.41. The number of hydrogen-bond donors (Lipinski definition) is 0. The molecule has 1 unspecified atom stereocenters. The van der Waals surface area contributed by atoms with Crippen LogP contribution >= 0.6 is 9.90 Å². The smallest absolute Gasteiger partial charge is 0.693 e. The summed E-state index contributed by atoms with van der Waals surface area (Å²) in [7, 11) is 0. The molecule has 1 aromatic carbocycles. The Morgan fingerprint density at radius 2 is 1.55 bits per heavy atom. The molecule has 63 valence electrons. The summed E-state index contributed by atoms with van der Waals surface area (Å²) in [6.45, 7) is 0. The van der Waals surface area contributed by atoms with Crippen LogP contribution in [-0.4, -0.2) is 0 Å². The van der Waals surface area contributed by atoms with Gasteiger partial charge in [-0.25, -0.2) is 0 Å². The molecular formula is C8H10CuNP. The van der Waals surface area contributed by atoms with Crippen molar-refractivity contribution in [2.24, 2.45) is 0 Å². The van der Waals surface area contributed by atoms with Crippen LogP contribution < -0.4 is 0 Å². The Morgan fingerprint density at radius 1 is 1.09 bits per heavy atom. The Hall–Kier alpha value is -0.311. The average molecular weight is 215 g/mol. The van der Waals surface area contributed by atoms with E-state index in [0.29, 0.717) is 0 Å². The molecule has 0 fully saturated rings. The van der Waals surface area contributed by atoms with Crippen LogP contribution in [0.3, 0.4) is 0 Å². The van der Waals surface area contributed by atoms with E-state index in [1.807, 2.05) is 30.3 Å². The van der Waals surface area contributed by atoms with Gasteiger partial charge in [0, 0.05) is 0 Å². The monoisotopic (exact) mass is 214 g/mol. The Morgan fingerprint density at radius 3 is 1.82 bits per heavy atom. The van der Waals surface area contributed by atoms with E-state index in [1.54, 1.807) is 0 Å². The summed E-state index contributed by atoms with van der Waals surface area (Å²) in [5.41, 5.74) is 0.826. The quantitative estimate of drug-likeness (QED) is 0.275. The van der Waals surface area contributed by atoms with Gasteiger partial charge in [0.1, 0.15) is 0 Å². The Kier molecular flexibility index (Phi) is 15.0. The summed E-state index contributed by atoms with van der Waals surface area (Å²) in [5, 5.41) is 0. The number of hydrogen-bond acceptors (Lipinski definition) is 0. The van der Waals surface area contributed by atoms with Crippen LogP contribution in [0.1, 0.15) is 5.56 Å². The molecule has 0 amide bonds. The SMILES string of the molecule is P.[C-]#Cc1ccccc1.[Cu+2].[NH2-]. The summed E-state index contributed by atoms with van der Waals surface area (Å²) in [5.74, 6) is 2.28. The molecule has 0 aliphatic heterocycles. The third-order valence-electron chi connectivity index (χ3n) is 0.918. The molecule has 0 aromatic heterocycles. The summed E-state index contributed by atoms with van der Waals surface area (Å²) in [6.07, 6.45) is 6.69. The predicted molar refractivity (Wildman–Crippen MR) is 49.1 cm³/mol. The molecule has 0 saturated heterocycles. The van der Waals surface area contributed by atoms with Crippen LogP contribution in [0.2, 0.25) is 0 Å². The maximum absolute atomic E-state index is 6.69. The molecular weight excluding hydrogens is 205 g/mol. The van der Waals surface area contributed by atoms with Crippen molar-refractivity contribution in [2.45, 2.75) is 0 Å². The third kappa shape index (κ3) is 6.10. The van der Waals surface area contributed by atoms with E-state index >= 15 is 0 Å². The molecule has 11 heavy (non-hydrogen) atoms. The van der Waals surface area contributed by atoms with E-state index < -0.39 is 0 Å². The number of nitrogens with two attached hydrogens (primary N) is 1. The van der Waals surface area contributed by atoms with Crippen molar-refractivity contribution in [3.63, 3.8) is 0 Å². The first-order valence-electron chi connectivity index (χ1n) is 2.41. The first kappa shape index (κ1) is 17.0. The molecule has 0 aliphatic carbocycles. The summed E-state index contributed by atoms with van der Waals surface area (Å²) < 4.78 is 0. The fourth-order valence-electron chi connectivity index (χ4n) is 0.521. The summed E-state index contributed by atoms with van der Waals surface area (Å²) >= 11 is 0. The summed E-state index contributed by atoms with van der Waals surface area (Å²) in [6, 6.07) is 9.37. The van der Waals surface area contributed by atoms with E-state index in [1.165, 1.54) is 0 Å². The second-order valence-electron chi connectivity index (χ2n) is 1.49. The van der Waals surface area contributed by atoms with E-state index in [2.05, 4.69) is 5.92 Å².